The minimum Gasteiger partial charge on any atom is -0.493 e. The van der Waals surface area contributed by atoms with E-state index in [0.717, 1.165) is 16.0 Å². The minimum absolute atomic E-state index is 0.121. The van der Waals surface area contributed by atoms with Gasteiger partial charge in [-0.25, -0.2) is 0 Å². The maximum Gasteiger partial charge on any atom is 0.244 e. The Hall–Kier alpha value is -3.36. The predicted molar refractivity (Wildman–Crippen MR) is 143 cm³/mol. The van der Waals surface area contributed by atoms with Crippen LogP contribution in [0.4, 0.5) is 11.4 Å². The number of aryl methyl sites for hydroxylation is 1. The zero-order chi connectivity index (χ0) is 25.8. The Labute approximate surface area is 219 Å². The van der Waals surface area contributed by atoms with Gasteiger partial charge in [-0.15, -0.1) is 11.8 Å². The Morgan fingerprint density at radius 3 is 2.39 bits per heavy atom. The van der Waals surface area contributed by atoms with Crippen molar-refractivity contribution >= 4 is 46.6 Å². The van der Waals surface area contributed by atoms with Gasteiger partial charge in [0.25, 0.3) is 0 Å². The molecule has 0 spiro atoms. The number of carbonyl (C=O) groups excluding carboxylic acids is 2. The number of benzene rings is 3. The SMILES string of the molecule is COc1cc(C2CC(=O)N(CC(=O)Nc3ccc(C)c(Cl)c3)c3ccccc3S2)cc(OC)c1OC. The molecule has 188 valence electrons. The second-order valence-corrected chi connectivity index (χ2v) is 9.88. The highest BCUT2D eigenvalue weighted by atomic mass is 35.5. The number of anilines is 2. The molecule has 0 bridgehead atoms. The fraction of sp³-hybridized carbons (Fsp3) is 0.259. The largest absolute Gasteiger partial charge is 0.493 e. The standard InChI is InChI=1S/C27H27ClN2O5S/c1-16-9-10-18(13-19(16)28)29-25(31)15-30-20-7-5-6-8-23(20)36-24(14-26(30)32)17-11-21(33-2)27(35-4)22(12-17)34-3/h5-13,24H,14-15H2,1-4H3,(H,29,31). The number of carbonyl (C=O) groups is 2. The van der Waals surface area contributed by atoms with E-state index < -0.39 is 0 Å². The topological polar surface area (TPSA) is 77.1 Å². The zero-order valence-corrected chi connectivity index (χ0v) is 22.0. The lowest BCUT2D eigenvalue weighted by atomic mass is 10.1. The average molecular weight is 527 g/mol. The Bertz CT molecular complexity index is 1270. The lowest BCUT2D eigenvalue weighted by Gasteiger charge is -2.22. The average Bonchev–Trinajstić information content (AvgIpc) is 3.01. The molecule has 1 aliphatic heterocycles. The number of rotatable bonds is 7. The summed E-state index contributed by atoms with van der Waals surface area (Å²) in [5.41, 5.74) is 3.05. The number of methoxy groups -OCH3 is 3. The summed E-state index contributed by atoms with van der Waals surface area (Å²) in [7, 11) is 4.67. The molecule has 36 heavy (non-hydrogen) atoms. The molecule has 4 rings (SSSR count). The maximum atomic E-state index is 13.5. The monoisotopic (exact) mass is 526 g/mol. The molecule has 2 amide bonds. The van der Waals surface area contributed by atoms with Gasteiger partial charge >= 0.3 is 0 Å². The summed E-state index contributed by atoms with van der Waals surface area (Å²) in [6.07, 6.45) is 0.182. The number of halogens is 1. The zero-order valence-electron chi connectivity index (χ0n) is 20.5. The van der Waals surface area contributed by atoms with Crippen molar-refractivity contribution in [2.24, 2.45) is 0 Å². The molecule has 0 radical (unpaired) electrons. The molecule has 1 heterocycles. The van der Waals surface area contributed by atoms with Crippen LogP contribution in [0.25, 0.3) is 0 Å². The molecular weight excluding hydrogens is 500 g/mol. The van der Waals surface area contributed by atoms with E-state index in [1.54, 1.807) is 45.2 Å². The number of para-hydroxylation sites is 1. The van der Waals surface area contributed by atoms with Gasteiger partial charge in [0.15, 0.2) is 11.5 Å². The summed E-state index contributed by atoms with van der Waals surface area (Å²) in [5, 5.41) is 3.18. The van der Waals surface area contributed by atoms with Gasteiger partial charge in [0, 0.05) is 27.3 Å². The molecule has 0 saturated heterocycles. The van der Waals surface area contributed by atoms with E-state index in [1.165, 1.54) is 4.90 Å². The normalized spacial score (nSPS) is 15.1. The predicted octanol–water partition coefficient (Wildman–Crippen LogP) is 5.88. The molecule has 7 nitrogen and oxygen atoms in total. The lowest BCUT2D eigenvalue weighted by molar-refractivity contribution is -0.121. The van der Waals surface area contributed by atoms with Crippen molar-refractivity contribution < 1.29 is 23.8 Å². The van der Waals surface area contributed by atoms with Gasteiger partial charge in [-0.2, -0.15) is 0 Å². The van der Waals surface area contributed by atoms with Crippen molar-refractivity contribution in [3.8, 4) is 17.2 Å². The molecule has 0 aromatic heterocycles. The van der Waals surface area contributed by atoms with Crippen LogP contribution in [-0.2, 0) is 9.59 Å². The Kier molecular flexibility index (Phi) is 7.96. The number of amides is 2. The molecule has 0 fully saturated rings. The second-order valence-electron chi connectivity index (χ2n) is 8.23. The molecule has 9 heteroatoms. The summed E-state index contributed by atoms with van der Waals surface area (Å²) in [6.45, 7) is 1.77. The highest BCUT2D eigenvalue weighted by molar-refractivity contribution is 7.99. The van der Waals surface area contributed by atoms with Crippen molar-refractivity contribution in [2.75, 3.05) is 38.1 Å². The van der Waals surface area contributed by atoms with Crippen LogP contribution in [0, 0.1) is 6.92 Å². The summed E-state index contributed by atoms with van der Waals surface area (Å²) < 4.78 is 16.5. The first-order valence-corrected chi connectivity index (χ1v) is 12.5. The molecule has 0 saturated carbocycles. The van der Waals surface area contributed by atoms with E-state index in [2.05, 4.69) is 5.32 Å². The number of ether oxygens (including phenoxy) is 3. The van der Waals surface area contributed by atoms with Crippen LogP contribution in [0.2, 0.25) is 5.02 Å². The highest BCUT2D eigenvalue weighted by Crippen LogP contribution is 2.49. The van der Waals surface area contributed by atoms with Gasteiger partial charge in [0.1, 0.15) is 6.54 Å². The first kappa shape index (κ1) is 25.7. The molecule has 0 aliphatic carbocycles. The molecule has 1 N–H and O–H groups in total. The molecular formula is C27H27ClN2O5S. The Morgan fingerprint density at radius 1 is 1.06 bits per heavy atom. The maximum absolute atomic E-state index is 13.5. The fourth-order valence-corrected chi connectivity index (χ4v) is 5.48. The van der Waals surface area contributed by atoms with Crippen LogP contribution in [0.5, 0.6) is 17.2 Å². The summed E-state index contributed by atoms with van der Waals surface area (Å²) in [4.78, 5) is 28.9. The van der Waals surface area contributed by atoms with Gasteiger partial charge < -0.3 is 24.4 Å². The molecule has 3 aromatic carbocycles. The molecule has 1 unspecified atom stereocenters. The van der Waals surface area contributed by atoms with Gasteiger partial charge in [0.2, 0.25) is 17.6 Å². The third kappa shape index (κ3) is 5.39. The van der Waals surface area contributed by atoms with Gasteiger partial charge in [-0.3, -0.25) is 9.59 Å². The lowest BCUT2D eigenvalue weighted by Crippen LogP contribution is -2.38. The van der Waals surface area contributed by atoms with Gasteiger partial charge in [-0.1, -0.05) is 29.8 Å². The summed E-state index contributed by atoms with van der Waals surface area (Å²) >= 11 is 7.75. The van der Waals surface area contributed by atoms with E-state index >= 15 is 0 Å². The van der Waals surface area contributed by atoms with Crippen LogP contribution in [-0.4, -0.2) is 39.7 Å². The van der Waals surface area contributed by atoms with Crippen LogP contribution in [0.3, 0.4) is 0 Å². The first-order chi connectivity index (χ1) is 17.3. The number of hydrogen-bond acceptors (Lipinski definition) is 6. The number of hydrogen-bond donors (Lipinski definition) is 1. The van der Waals surface area contributed by atoms with Crippen LogP contribution < -0.4 is 24.4 Å². The number of nitrogens with zero attached hydrogens (tertiary/aromatic N) is 1. The quantitative estimate of drug-likeness (QED) is 0.414. The Morgan fingerprint density at radius 2 is 1.75 bits per heavy atom. The van der Waals surface area contributed by atoms with Crippen molar-refractivity contribution in [2.45, 2.75) is 23.5 Å². The smallest absolute Gasteiger partial charge is 0.244 e. The third-order valence-corrected chi connectivity index (χ3v) is 7.63. The molecule has 3 aromatic rings. The fourth-order valence-electron chi connectivity index (χ4n) is 4.04. The van der Waals surface area contributed by atoms with Gasteiger partial charge in [0.05, 0.1) is 27.0 Å². The summed E-state index contributed by atoms with van der Waals surface area (Å²) in [6, 6.07) is 16.6. The van der Waals surface area contributed by atoms with E-state index in [9.17, 15) is 9.59 Å². The first-order valence-electron chi connectivity index (χ1n) is 11.3. The number of thioether (sulfide) groups is 1. The van der Waals surface area contributed by atoms with Crippen molar-refractivity contribution in [3.05, 3.63) is 70.7 Å². The summed E-state index contributed by atoms with van der Waals surface area (Å²) in [5.74, 6) is 1.05. The third-order valence-electron chi connectivity index (χ3n) is 5.90. The van der Waals surface area contributed by atoms with E-state index in [1.807, 2.05) is 49.4 Å². The number of fused-ring (bicyclic) bond motifs is 1. The van der Waals surface area contributed by atoms with Crippen molar-refractivity contribution in [3.63, 3.8) is 0 Å². The van der Waals surface area contributed by atoms with Crippen LogP contribution in [0.1, 0.15) is 22.8 Å². The Balaban J connectivity index is 1.63. The van der Waals surface area contributed by atoms with E-state index in [4.69, 9.17) is 25.8 Å². The van der Waals surface area contributed by atoms with E-state index in [0.29, 0.717) is 33.6 Å². The van der Waals surface area contributed by atoms with Crippen LogP contribution in [0.15, 0.2) is 59.5 Å². The van der Waals surface area contributed by atoms with Crippen molar-refractivity contribution in [1.82, 2.24) is 0 Å². The van der Waals surface area contributed by atoms with Gasteiger partial charge in [-0.05, 0) is 54.4 Å². The highest BCUT2D eigenvalue weighted by Gasteiger charge is 2.31. The molecule has 1 aliphatic rings. The second kappa shape index (κ2) is 11.1. The van der Waals surface area contributed by atoms with Crippen molar-refractivity contribution in [1.29, 1.82) is 0 Å². The number of nitrogens with one attached hydrogen (secondary N) is 1. The van der Waals surface area contributed by atoms with Crippen LogP contribution >= 0.6 is 23.4 Å². The molecule has 1 atom stereocenters. The van der Waals surface area contributed by atoms with E-state index in [-0.39, 0.29) is 30.0 Å². The minimum atomic E-state index is -0.311.